The van der Waals surface area contributed by atoms with E-state index in [1.807, 2.05) is 0 Å². The van der Waals surface area contributed by atoms with E-state index in [2.05, 4.69) is 0 Å². The van der Waals surface area contributed by atoms with Gasteiger partial charge in [0.2, 0.25) is 0 Å². The summed E-state index contributed by atoms with van der Waals surface area (Å²) in [5, 5.41) is 8.97. The molecule has 0 heterocycles. The van der Waals surface area contributed by atoms with Crippen molar-refractivity contribution in [2.45, 2.75) is 23.5 Å². The largest absolute Gasteiger partial charge is 0.480 e. The molecule has 19 heavy (non-hydrogen) atoms. The molecule has 0 fully saturated rings. The van der Waals surface area contributed by atoms with Crippen molar-refractivity contribution in [2.24, 2.45) is 0 Å². The predicted molar refractivity (Wildman–Crippen MR) is 70.4 cm³/mol. The van der Waals surface area contributed by atoms with E-state index in [1.165, 1.54) is 24.3 Å². The fourth-order valence-corrected chi connectivity index (χ4v) is 2.77. The van der Waals surface area contributed by atoms with Gasteiger partial charge in [-0.2, -0.15) is 0 Å². The quantitative estimate of drug-likeness (QED) is 0.661. The molecule has 0 aliphatic carbocycles. The number of sulfone groups is 1. The molecule has 0 aromatic heterocycles. The van der Waals surface area contributed by atoms with Crippen molar-refractivity contribution in [1.82, 2.24) is 0 Å². The van der Waals surface area contributed by atoms with Crippen LogP contribution in [0.15, 0.2) is 29.2 Å². The van der Waals surface area contributed by atoms with Gasteiger partial charge in [-0.1, -0.05) is 12.1 Å². The molecule has 0 aliphatic rings. The fraction of sp³-hybridized carbons (Fsp3) is 0.333. The van der Waals surface area contributed by atoms with Crippen LogP contribution in [0.25, 0.3) is 0 Å². The molecule has 0 atom stereocenters. The third kappa shape index (κ3) is 2.79. The Morgan fingerprint density at radius 3 is 2.05 bits per heavy atom. The third-order valence-electron chi connectivity index (χ3n) is 2.79. The van der Waals surface area contributed by atoms with E-state index in [-0.39, 0.29) is 22.1 Å². The summed E-state index contributed by atoms with van der Waals surface area (Å²) in [5.41, 5.74) is 0.280. The minimum absolute atomic E-state index is 0.147. The van der Waals surface area contributed by atoms with Crippen LogP contribution in [0.5, 0.6) is 0 Å². The first-order valence-electron chi connectivity index (χ1n) is 5.32. The van der Waals surface area contributed by atoms with Crippen molar-refractivity contribution in [3.63, 3.8) is 0 Å². The zero-order chi connectivity index (χ0) is 14.8. The first kappa shape index (κ1) is 15.7. The van der Waals surface area contributed by atoms with Gasteiger partial charge in [-0.15, -0.1) is 11.6 Å². The van der Waals surface area contributed by atoms with E-state index in [0.717, 1.165) is 13.8 Å². The standard InChI is InChI=1S/C12H13ClO5S/c1-12(2,11(15)16)19(17,18)9-5-3-8(4-6-9)10(14)7-13/h3-6H,7H2,1-2H3,(H,15,16). The highest BCUT2D eigenvalue weighted by molar-refractivity contribution is 7.93. The molecule has 0 aliphatic heterocycles. The Balaban J connectivity index is 3.25. The van der Waals surface area contributed by atoms with Crippen molar-refractivity contribution in [3.05, 3.63) is 29.8 Å². The van der Waals surface area contributed by atoms with Crippen molar-refractivity contribution >= 4 is 33.2 Å². The van der Waals surface area contributed by atoms with E-state index in [9.17, 15) is 18.0 Å². The molecule has 1 aromatic carbocycles. The molecule has 104 valence electrons. The molecule has 0 unspecified atom stereocenters. The number of Topliss-reactive ketones (excluding diaryl/α,β-unsaturated/α-hetero) is 1. The van der Waals surface area contributed by atoms with E-state index in [4.69, 9.17) is 16.7 Å². The first-order valence-corrected chi connectivity index (χ1v) is 7.33. The lowest BCUT2D eigenvalue weighted by molar-refractivity contribution is -0.139. The van der Waals surface area contributed by atoms with Crippen molar-refractivity contribution in [3.8, 4) is 0 Å². The smallest absolute Gasteiger partial charge is 0.324 e. The highest BCUT2D eigenvalue weighted by atomic mass is 35.5. The molecule has 0 radical (unpaired) electrons. The summed E-state index contributed by atoms with van der Waals surface area (Å²) in [5.74, 6) is -1.97. The Kier molecular flexibility index (Phi) is 4.37. The second-order valence-corrected chi connectivity index (χ2v) is 7.17. The minimum atomic E-state index is -4.03. The number of aliphatic carboxylic acids is 1. The SMILES string of the molecule is CC(C)(C(=O)O)S(=O)(=O)c1ccc(C(=O)CCl)cc1. The van der Waals surface area contributed by atoms with Crippen molar-refractivity contribution < 1.29 is 23.1 Å². The maximum Gasteiger partial charge on any atom is 0.324 e. The monoisotopic (exact) mass is 304 g/mol. The lowest BCUT2D eigenvalue weighted by Crippen LogP contribution is -2.40. The number of rotatable bonds is 5. The Hall–Kier alpha value is -1.40. The molecule has 0 saturated carbocycles. The molecular formula is C12H13ClO5S. The summed E-state index contributed by atoms with van der Waals surface area (Å²) in [6.45, 7) is 2.23. The lowest BCUT2D eigenvalue weighted by atomic mass is 10.1. The van der Waals surface area contributed by atoms with Gasteiger partial charge < -0.3 is 5.11 Å². The van der Waals surface area contributed by atoms with Crippen LogP contribution >= 0.6 is 11.6 Å². The Bertz CT molecular complexity index is 602. The topological polar surface area (TPSA) is 88.5 Å². The van der Waals surface area contributed by atoms with E-state index in [1.54, 1.807) is 0 Å². The maximum atomic E-state index is 12.2. The lowest BCUT2D eigenvalue weighted by Gasteiger charge is -2.19. The van der Waals surface area contributed by atoms with Crippen molar-refractivity contribution in [1.29, 1.82) is 0 Å². The zero-order valence-corrected chi connectivity index (χ0v) is 12.0. The van der Waals surface area contributed by atoms with Gasteiger partial charge in [0.25, 0.3) is 0 Å². The fourth-order valence-electron chi connectivity index (χ4n) is 1.31. The van der Waals surface area contributed by atoms with Gasteiger partial charge in [0.05, 0.1) is 10.8 Å². The van der Waals surface area contributed by atoms with Gasteiger partial charge in [-0.3, -0.25) is 9.59 Å². The van der Waals surface area contributed by atoms with E-state index < -0.39 is 20.6 Å². The van der Waals surface area contributed by atoms with Crippen molar-refractivity contribution in [2.75, 3.05) is 5.88 Å². The zero-order valence-electron chi connectivity index (χ0n) is 10.4. The number of carbonyl (C=O) groups is 2. The summed E-state index contributed by atoms with van der Waals surface area (Å²) in [6, 6.07) is 5.05. The number of halogens is 1. The summed E-state index contributed by atoms with van der Waals surface area (Å²) in [7, 11) is -4.03. The van der Waals surface area contributed by atoms with Crippen LogP contribution in [0.3, 0.4) is 0 Å². The molecule has 5 nitrogen and oxygen atoms in total. The number of hydrogen-bond donors (Lipinski definition) is 1. The summed E-state index contributed by atoms with van der Waals surface area (Å²) < 4.78 is 22.4. The second kappa shape index (κ2) is 5.30. The van der Waals surface area contributed by atoms with Gasteiger partial charge in [-0.05, 0) is 26.0 Å². The van der Waals surface area contributed by atoms with Crippen LogP contribution in [-0.4, -0.2) is 35.9 Å². The van der Waals surface area contributed by atoms with Crippen LogP contribution in [0.4, 0.5) is 0 Å². The van der Waals surface area contributed by atoms with Gasteiger partial charge in [0, 0.05) is 5.56 Å². The Morgan fingerprint density at radius 1 is 1.21 bits per heavy atom. The number of alkyl halides is 1. The summed E-state index contributed by atoms with van der Waals surface area (Å²) in [4.78, 5) is 22.2. The van der Waals surface area contributed by atoms with Gasteiger partial charge >= 0.3 is 5.97 Å². The van der Waals surface area contributed by atoms with Gasteiger partial charge in [0.15, 0.2) is 20.4 Å². The number of carboxylic acids is 1. The Morgan fingerprint density at radius 2 is 1.68 bits per heavy atom. The molecule has 0 bridgehead atoms. The number of carbonyl (C=O) groups excluding carboxylic acids is 1. The predicted octanol–water partition coefficient (Wildman–Crippen LogP) is 1.75. The molecule has 0 saturated heterocycles. The third-order valence-corrected chi connectivity index (χ3v) is 5.45. The average Bonchev–Trinajstić information content (AvgIpc) is 2.37. The van der Waals surface area contributed by atoms with Crippen LogP contribution in [0.2, 0.25) is 0 Å². The minimum Gasteiger partial charge on any atom is -0.480 e. The highest BCUT2D eigenvalue weighted by Gasteiger charge is 2.42. The van der Waals surface area contributed by atoms with Crippen LogP contribution in [0, 0.1) is 0 Å². The van der Waals surface area contributed by atoms with E-state index >= 15 is 0 Å². The second-order valence-electron chi connectivity index (χ2n) is 4.40. The highest BCUT2D eigenvalue weighted by Crippen LogP contribution is 2.26. The average molecular weight is 305 g/mol. The maximum absolute atomic E-state index is 12.2. The number of benzene rings is 1. The van der Waals surface area contributed by atoms with Crippen LogP contribution < -0.4 is 0 Å². The van der Waals surface area contributed by atoms with Gasteiger partial charge in [-0.25, -0.2) is 8.42 Å². The summed E-state index contributed by atoms with van der Waals surface area (Å²) in [6.07, 6.45) is 0. The van der Waals surface area contributed by atoms with Gasteiger partial charge in [0.1, 0.15) is 0 Å². The first-order chi connectivity index (χ1) is 8.64. The molecular weight excluding hydrogens is 292 g/mol. The molecule has 0 spiro atoms. The number of ketones is 1. The van der Waals surface area contributed by atoms with E-state index in [0.29, 0.717) is 0 Å². The molecule has 0 amide bonds. The normalized spacial score (nSPS) is 12.2. The van der Waals surface area contributed by atoms with Crippen LogP contribution in [-0.2, 0) is 14.6 Å². The molecule has 1 aromatic rings. The molecule has 1 N–H and O–H groups in total. The van der Waals surface area contributed by atoms with Crippen LogP contribution in [0.1, 0.15) is 24.2 Å². The number of carboxylic acid groups (broad SMARTS) is 1. The molecule has 7 heteroatoms. The number of hydrogen-bond acceptors (Lipinski definition) is 4. The molecule has 1 rings (SSSR count). The summed E-state index contributed by atoms with van der Waals surface area (Å²) >= 11 is 5.38. The Labute approximate surface area is 116 Å².